The van der Waals surface area contributed by atoms with Crippen molar-refractivity contribution in [1.82, 2.24) is 14.9 Å². The van der Waals surface area contributed by atoms with Crippen LogP contribution in [-0.4, -0.2) is 41.6 Å². The number of amides is 2. The zero-order chi connectivity index (χ0) is 26.2. The highest BCUT2D eigenvalue weighted by atomic mass is 35.5. The van der Waals surface area contributed by atoms with Crippen LogP contribution in [0.15, 0.2) is 64.2 Å². The number of nitrogen functional groups attached to an aromatic ring is 1. The molecular weight excluding hydrogens is 486 g/mol. The fourth-order valence-corrected chi connectivity index (χ4v) is 4.10. The van der Waals surface area contributed by atoms with Crippen molar-refractivity contribution in [2.24, 2.45) is 0 Å². The van der Waals surface area contributed by atoms with Crippen LogP contribution >= 0.6 is 11.6 Å². The van der Waals surface area contributed by atoms with Crippen LogP contribution in [0, 0.1) is 0 Å². The minimum atomic E-state index is -0.805. The van der Waals surface area contributed by atoms with E-state index in [0.717, 1.165) is 5.56 Å². The molecule has 2 aromatic carbocycles. The Hall–Kier alpha value is -3.89. The summed E-state index contributed by atoms with van der Waals surface area (Å²) in [4.78, 5) is 54.3. The molecule has 2 amide bonds. The van der Waals surface area contributed by atoms with Gasteiger partial charge in [0.2, 0.25) is 11.8 Å². The van der Waals surface area contributed by atoms with E-state index < -0.39 is 23.2 Å². The number of nitrogens with one attached hydrogen (secondary N) is 2. The van der Waals surface area contributed by atoms with Gasteiger partial charge < -0.3 is 20.7 Å². The van der Waals surface area contributed by atoms with Crippen LogP contribution in [0.4, 0.5) is 11.5 Å². The molecule has 1 unspecified atom stereocenters. The SMILES string of the molecule is COCCN(C(=O)CC(NC(C)=O)c1ccccc1Cl)c1c(N)n(Cc2ccccc2)c(=O)[nH]c1=O. The molecule has 0 bridgehead atoms. The molecule has 1 heterocycles. The lowest BCUT2D eigenvalue weighted by molar-refractivity contribution is -0.121. The van der Waals surface area contributed by atoms with Crippen molar-refractivity contribution < 1.29 is 14.3 Å². The monoisotopic (exact) mass is 513 g/mol. The van der Waals surface area contributed by atoms with Gasteiger partial charge in [0, 0.05) is 25.6 Å². The number of anilines is 2. The van der Waals surface area contributed by atoms with Crippen LogP contribution in [-0.2, 0) is 20.9 Å². The molecule has 0 saturated carbocycles. The van der Waals surface area contributed by atoms with Crippen LogP contribution in [0.2, 0.25) is 5.02 Å². The Bertz CT molecular complexity index is 1340. The predicted octanol–water partition coefficient (Wildman–Crippen LogP) is 2.07. The minimum absolute atomic E-state index is 0.0124. The molecule has 0 aliphatic carbocycles. The Morgan fingerprint density at radius 2 is 1.81 bits per heavy atom. The third-order valence-electron chi connectivity index (χ3n) is 5.52. The van der Waals surface area contributed by atoms with Crippen molar-refractivity contribution in [3.8, 4) is 0 Å². The Labute approximate surface area is 212 Å². The Kier molecular flexibility index (Phi) is 9.04. The number of halogens is 1. The lowest BCUT2D eigenvalue weighted by Gasteiger charge is -2.27. The van der Waals surface area contributed by atoms with Gasteiger partial charge in [-0.15, -0.1) is 0 Å². The van der Waals surface area contributed by atoms with Crippen molar-refractivity contribution in [2.75, 3.05) is 30.9 Å². The topological polar surface area (TPSA) is 140 Å². The number of aromatic amines is 1. The fourth-order valence-electron chi connectivity index (χ4n) is 3.83. The van der Waals surface area contributed by atoms with Gasteiger partial charge in [-0.2, -0.15) is 0 Å². The number of carbonyl (C=O) groups excluding carboxylic acids is 2. The standard InChI is InChI=1S/C25H28ClN5O5/c1-16(32)28-20(18-10-6-7-11-19(18)26)14-21(33)30(12-13-36-2)22-23(27)31(25(35)29-24(22)34)15-17-8-4-3-5-9-17/h3-11,20H,12-15,27H2,1-2H3,(H,28,32)(H,29,34,35). The largest absolute Gasteiger partial charge is 0.383 e. The van der Waals surface area contributed by atoms with Gasteiger partial charge in [0.05, 0.1) is 25.6 Å². The van der Waals surface area contributed by atoms with Crippen molar-refractivity contribution in [3.63, 3.8) is 0 Å². The van der Waals surface area contributed by atoms with Crippen LogP contribution in [0.1, 0.15) is 30.5 Å². The second kappa shape index (κ2) is 12.2. The van der Waals surface area contributed by atoms with E-state index in [-0.39, 0.29) is 43.5 Å². The van der Waals surface area contributed by atoms with E-state index in [0.29, 0.717) is 10.6 Å². The zero-order valence-corrected chi connectivity index (χ0v) is 20.7. The van der Waals surface area contributed by atoms with E-state index in [1.807, 2.05) is 30.3 Å². The van der Waals surface area contributed by atoms with Crippen molar-refractivity contribution in [1.29, 1.82) is 0 Å². The number of hydrogen-bond acceptors (Lipinski definition) is 6. The first-order chi connectivity index (χ1) is 17.2. The number of nitrogens with zero attached hydrogens (tertiary/aromatic N) is 2. The van der Waals surface area contributed by atoms with Crippen molar-refractivity contribution in [3.05, 3.63) is 91.6 Å². The van der Waals surface area contributed by atoms with E-state index in [4.69, 9.17) is 22.1 Å². The van der Waals surface area contributed by atoms with Gasteiger partial charge in [0.1, 0.15) is 5.82 Å². The molecule has 0 aliphatic rings. The molecule has 0 aliphatic heterocycles. The number of ether oxygens (including phenoxy) is 1. The molecule has 3 rings (SSSR count). The van der Waals surface area contributed by atoms with Crippen LogP contribution in [0.5, 0.6) is 0 Å². The average molecular weight is 514 g/mol. The third-order valence-corrected chi connectivity index (χ3v) is 5.87. The van der Waals surface area contributed by atoms with Gasteiger partial charge in [-0.1, -0.05) is 60.1 Å². The quantitative estimate of drug-likeness (QED) is 0.379. The summed E-state index contributed by atoms with van der Waals surface area (Å²) in [6.45, 7) is 1.51. The predicted molar refractivity (Wildman–Crippen MR) is 138 cm³/mol. The molecule has 0 saturated heterocycles. The van der Waals surface area contributed by atoms with Gasteiger partial charge in [-0.25, -0.2) is 4.79 Å². The van der Waals surface area contributed by atoms with Crippen LogP contribution in [0.3, 0.4) is 0 Å². The highest BCUT2D eigenvalue weighted by Gasteiger charge is 2.28. The fraction of sp³-hybridized carbons (Fsp3) is 0.280. The zero-order valence-electron chi connectivity index (χ0n) is 20.0. The van der Waals surface area contributed by atoms with Crippen LogP contribution < -0.4 is 27.2 Å². The normalized spacial score (nSPS) is 11.6. The van der Waals surface area contributed by atoms with Crippen LogP contribution in [0.25, 0.3) is 0 Å². The van der Waals surface area contributed by atoms with E-state index in [9.17, 15) is 19.2 Å². The maximum Gasteiger partial charge on any atom is 0.330 e. The number of methoxy groups -OCH3 is 1. The molecule has 3 aromatic rings. The number of H-pyrrole nitrogens is 1. The second-order valence-electron chi connectivity index (χ2n) is 8.08. The number of hydrogen-bond donors (Lipinski definition) is 3. The highest BCUT2D eigenvalue weighted by Crippen LogP contribution is 2.27. The average Bonchev–Trinajstić information content (AvgIpc) is 2.84. The van der Waals surface area contributed by atoms with E-state index in [1.165, 1.54) is 23.5 Å². The Morgan fingerprint density at radius 3 is 2.44 bits per heavy atom. The van der Waals surface area contributed by atoms with Gasteiger partial charge >= 0.3 is 5.69 Å². The highest BCUT2D eigenvalue weighted by molar-refractivity contribution is 6.31. The number of aromatic nitrogens is 2. The third kappa shape index (κ3) is 6.41. The van der Waals surface area contributed by atoms with Gasteiger partial charge in [-0.05, 0) is 17.2 Å². The first kappa shape index (κ1) is 26.7. The molecule has 1 atom stereocenters. The molecule has 1 aromatic heterocycles. The molecule has 4 N–H and O–H groups in total. The number of carbonyl (C=O) groups is 2. The van der Waals surface area contributed by atoms with E-state index >= 15 is 0 Å². The second-order valence-corrected chi connectivity index (χ2v) is 8.49. The lowest BCUT2D eigenvalue weighted by atomic mass is 10.0. The molecule has 0 fully saturated rings. The number of rotatable bonds is 10. The molecule has 11 heteroatoms. The summed E-state index contributed by atoms with van der Waals surface area (Å²) in [5.74, 6) is -1.04. The molecule has 10 nitrogen and oxygen atoms in total. The summed E-state index contributed by atoms with van der Waals surface area (Å²) in [6.07, 6.45) is -0.219. The van der Waals surface area contributed by atoms with E-state index in [2.05, 4.69) is 10.3 Å². The summed E-state index contributed by atoms with van der Waals surface area (Å²) in [7, 11) is 1.45. The lowest BCUT2D eigenvalue weighted by Crippen LogP contribution is -2.44. The Morgan fingerprint density at radius 1 is 1.14 bits per heavy atom. The number of nitrogens with two attached hydrogens (primary N) is 1. The Balaban J connectivity index is 2.03. The van der Waals surface area contributed by atoms with Crippen molar-refractivity contribution in [2.45, 2.75) is 25.9 Å². The van der Waals surface area contributed by atoms with Gasteiger partial charge in [0.15, 0.2) is 5.69 Å². The van der Waals surface area contributed by atoms with Gasteiger partial charge in [-0.3, -0.25) is 23.9 Å². The summed E-state index contributed by atoms with van der Waals surface area (Å²) in [5.41, 5.74) is 5.96. The van der Waals surface area contributed by atoms with E-state index in [1.54, 1.807) is 24.3 Å². The van der Waals surface area contributed by atoms with Crippen molar-refractivity contribution >= 4 is 34.9 Å². The summed E-state index contributed by atoms with van der Waals surface area (Å²) in [6, 6.07) is 15.2. The molecule has 190 valence electrons. The molecule has 0 radical (unpaired) electrons. The maximum atomic E-state index is 13.6. The summed E-state index contributed by atoms with van der Waals surface area (Å²) >= 11 is 6.32. The van der Waals surface area contributed by atoms with Gasteiger partial charge in [0.25, 0.3) is 5.56 Å². The molecule has 36 heavy (non-hydrogen) atoms. The smallest absolute Gasteiger partial charge is 0.330 e. The molecular formula is C25H28ClN5O5. The molecule has 0 spiro atoms. The number of benzene rings is 2. The summed E-state index contributed by atoms with van der Waals surface area (Å²) in [5, 5.41) is 3.11. The maximum absolute atomic E-state index is 13.6. The first-order valence-electron chi connectivity index (χ1n) is 11.2. The summed E-state index contributed by atoms with van der Waals surface area (Å²) < 4.78 is 6.33. The minimum Gasteiger partial charge on any atom is -0.383 e. The first-order valence-corrected chi connectivity index (χ1v) is 11.6.